The Balaban J connectivity index is 0.00000245. The van der Waals surface area contributed by atoms with Crippen LogP contribution >= 0.6 is 36.7 Å². The smallest absolute Gasteiger partial charge is 0.249 e. The summed E-state index contributed by atoms with van der Waals surface area (Å²) in [5, 5.41) is 8.75. The molecule has 32 heavy (non-hydrogen) atoms. The monoisotopic (exact) mass is 491 g/mol. The van der Waals surface area contributed by atoms with E-state index in [1.165, 1.54) is 0 Å². The van der Waals surface area contributed by atoms with Crippen LogP contribution in [-0.4, -0.2) is 45.3 Å². The van der Waals surface area contributed by atoms with Crippen LogP contribution in [0.25, 0.3) is 0 Å². The molecule has 4 heterocycles. The number of carbonyl (C=O) groups excluding carboxylic acids is 1. The minimum Gasteiger partial charge on any atom is -0.350 e. The zero-order chi connectivity index (χ0) is 21.5. The highest BCUT2D eigenvalue weighted by Crippen LogP contribution is 2.37. The molecule has 0 bridgehead atoms. The predicted octanol–water partition coefficient (Wildman–Crippen LogP) is 3.70. The lowest BCUT2D eigenvalue weighted by molar-refractivity contribution is -0.119. The van der Waals surface area contributed by atoms with Crippen LogP contribution in [0.4, 0.5) is 17.5 Å². The lowest BCUT2D eigenvalue weighted by Crippen LogP contribution is -2.49. The van der Waals surface area contributed by atoms with Gasteiger partial charge in [-0.25, -0.2) is 4.98 Å². The first kappa shape index (κ1) is 22.7. The molecule has 168 valence electrons. The Labute approximate surface area is 203 Å². The normalized spacial score (nSPS) is 17.1. The zero-order valence-electron chi connectivity index (χ0n) is 17.4. The third-order valence-corrected chi connectivity index (χ3v) is 6.46. The van der Waals surface area contributed by atoms with Gasteiger partial charge in [-0.15, -0.1) is 0 Å². The highest BCUT2D eigenvalue weighted by atomic mass is 35.5. The zero-order valence-corrected chi connectivity index (χ0v) is 19.9. The predicted molar refractivity (Wildman–Crippen MR) is 131 cm³/mol. The van der Waals surface area contributed by atoms with E-state index in [0.717, 1.165) is 42.0 Å². The van der Waals surface area contributed by atoms with Gasteiger partial charge in [0.2, 0.25) is 11.9 Å². The van der Waals surface area contributed by atoms with Crippen molar-refractivity contribution in [1.29, 1.82) is 0 Å². The number of fused-ring (bicyclic) bond motifs is 3. The summed E-state index contributed by atoms with van der Waals surface area (Å²) in [5.41, 5.74) is 2.78. The third-order valence-electron chi connectivity index (χ3n) is 5.72. The van der Waals surface area contributed by atoms with E-state index in [0.29, 0.717) is 29.1 Å². The van der Waals surface area contributed by atoms with Gasteiger partial charge in [0.25, 0.3) is 0 Å². The number of halogens is 2. The number of hydrogen-bond acceptors (Lipinski definition) is 6. The largest absolute Gasteiger partial charge is 0.350 e. The quantitative estimate of drug-likeness (QED) is 0.585. The van der Waals surface area contributed by atoms with Crippen LogP contribution in [0, 0.1) is 0 Å². The highest BCUT2D eigenvalue weighted by molar-refractivity contribution is 7.59. The standard InChI is InChI=1S/C21H21Cl2N7O.H2S/c1-28-18-10-25-21(27-19(18)30-6-2-3-17(30)20(28)31)24-8-14-9-26-29(12-14)11-13-4-5-15(22)16(23)7-13;/h4-5,7,9-10,12,17H,2-3,6,8,11H2,1H3,(H,24,25,27);1H2/t17-;/m0./s1. The maximum absolute atomic E-state index is 12.5. The lowest BCUT2D eigenvalue weighted by atomic mass is 10.1. The highest BCUT2D eigenvalue weighted by Gasteiger charge is 2.40. The second-order valence-electron chi connectivity index (χ2n) is 7.80. The van der Waals surface area contributed by atoms with Crippen molar-refractivity contribution < 1.29 is 4.79 Å². The first-order valence-corrected chi connectivity index (χ1v) is 10.9. The SMILES string of the molecule is CN1C(=O)[C@@H]2CCCN2c2nc(NCc3cnn(Cc4ccc(Cl)c(Cl)c4)c3)ncc21.S. The van der Waals surface area contributed by atoms with E-state index in [1.54, 1.807) is 24.2 Å². The number of hydrogen-bond donors (Lipinski definition) is 1. The molecule has 1 aromatic carbocycles. The Hall–Kier alpha value is -2.49. The fourth-order valence-corrected chi connectivity index (χ4v) is 4.43. The Morgan fingerprint density at radius 1 is 1.19 bits per heavy atom. The van der Waals surface area contributed by atoms with E-state index in [2.05, 4.69) is 20.3 Å². The second kappa shape index (κ2) is 9.17. The molecule has 0 spiro atoms. The number of anilines is 3. The van der Waals surface area contributed by atoms with Crippen molar-refractivity contribution in [2.75, 3.05) is 28.7 Å². The molecule has 1 amide bonds. The molecule has 0 saturated carbocycles. The fraction of sp³-hybridized carbons (Fsp3) is 0.333. The van der Waals surface area contributed by atoms with Gasteiger partial charge in [-0.2, -0.15) is 23.6 Å². The first-order valence-electron chi connectivity index (χ1n) is 10.1. The topological polar surface area (TPSA) is 79.2 Å². The Kier molecular flexibility index (Phi) is 6.50. The van der Waals surface area contributed by atoms with Gasteiger partial charge < -0.3 is 15.1 Å². The van der Waals surface area contributed by atoms with Crippen molar-refractivity contribution in [1.82, 2.24) is 19.7 Å². The van der Waals surface area contributed by atoms with Crippen LogP contribution in [-0.2, 0) is 17.9 Å². The fourth-order valence-electron chi connectivity index (χ4n) is 4.11. The van der Waals surface area contributed by atoms with Gasteiger partial charge in [0.1, 0.15) is 11.7 Å². The number of carbonyl (C=O) groups is 1. The minimum absolute atomic E-state index is 0. The summed E-state index contributed by atoms with van der Waals surface area (Å²) in [6, 6.07) is 5.45. The molecule has 1 N–H and O–H groups in total. The molecular formula is C21H23Cl2N7OS. The van der Waals surface area contributed by atoms with Gasteiger partial charge in [-0.3, -0.25) is 9.48 Å². The van der Waals surface area contributed by atoms with E-state index in [4.69, 9.17) is 28.2 Å². The first-order chi connectivity index (χ1) is 15.0. The van der Waals surface area contributed by atoms with Crippen molar-refractivity contribution in [2.45, 2.75) is 32.0 Å². The molecule has 1 atom stereocenters. The Morgan fingerprint density at radius 3 is 2.84 bits per heavy atom. The van der Waals surface area contributed by atoms with E-state index in [1.807, 2.05) is 29.2 Å². The number of rotatable bonds is 5. The van der Waals surface area contributed by atoms with Gasteiger partial charge in [0.15, 0.2) is 5.82 Å². The number of nitrogens with zero attached hydrogens (tertiary/aromatic N) is 6. The van der Waals surface area contributed by atoms with Crippen molar-refractivity contribution in [3.05, 3.63) is 58.0 Å². The molecule has 0 unspecified atom stereocenters. The van der Waals surface area contributed by atoms with Gasteiger partial charge in [0.05, 0.1) is 29.0 Å². The van der Waals surface area contributed by atoms with Crippen molar-refractivity contribution in [2.24, 2.45) is 0 Å². The molecular weight excluding hydrogens is 469 g/mol. The van der Waals surface area contributed by atoms with Crippen LogP contribution in [0.5, 0.6) is 0 Å². The maximum Gasteiger partial charge on any atom is 0.249 e. The van der Waals surface area contributed by atoms with Crippen LogP contribution in [0.15, 0.2) is 36.8 Å². The van der Waals surface area contributed by atoms with Gasteiger partial charge in [-0.05, 0) is 30.5 Å². The minimum atomic E-state index is -0.111. The van der Waals surface area contributed by atoms with Crippen LogP contribution in [0.2, 0.25) is 10.0 Å². The molecule has 11 heteroatoms. The van der Waals surface area contributed by atoms with Gasteiger partial charge in [0, 0.05) is 31.9 Å². The molecule has 1 fully saturated rings. The van der Waals surface area contributed by atoms with Gasteiger partial charge >= 0.3 is 0 Å². The molecule has 1 saturated heterocycles. The van der Waals surface area contributed by atoms with Gasteiger partial charge in [-0.1, -0.05) is 29.3 Å². The molecule has 2 aliphatic heterocycles. The van der Waals surface area contributed by atoms with Crippen LogP contribution < -0.4 is 15.1 Å². The summed E-state index contributed by atoms with van der Waals surface area (Å²) in [4.78, 5) is 25.4. The Bertz CT molecular complexity index is 1150. The van der Waals surface area contributed by atoms with E-state index in [9.17, 15) is 4.79 Å². The molecule has 0 aliphatic carbocycles. The van der Waals surface area contributed by atoms with Crippen molar-refractivity contribution in [3.63, 3.8) is 0 Å². The number of amides is 1. The van der Waals surface area contributed by atoms with E-state index in [-0.39, 0.29) is 25.4 Å². The maximum atomic E-state index is 12.5. The summed E-state index contributed by atoms with van der Waals surface area (Å²) in [7, 11) is 1.79. The van der Waals surface area contributed by atoms with Crippen molar-refractivity contribution in [3.8, 4) is 0 Å². The van der Waals surface area contributed by atoms with E-state index >= 15 is 0 Å². The summed E-state index contributed by atoms with van der Waals surface area (Å²) in [6.07, 6.45) is 7.36. The molecule has 3 aromatic rings. The molecule has 0 radical (unpaired) electrons. The van der Waals surface area contributed by atoms with Crippen molar-refractivity contribution >= 4 is 60.1 Å². The molecule has 5 rings (SSSR count). The van der Waals surface area contributed by atoms with E-state index < -0.39 is 0 Å². The molecule has 2 aliphatic rings. The number of benzene rings is 1. The lowest BCUT2D eigenvalue weighted by Gasteiger charge is -2.36. The average molecular weight is 492 g/mol. The summed E-state index contributed by atoms with van der Waals surface area (Å²) >= 11 is 12.1. The summed E-state index contributed by atoms with van der Waals surface area (Å²) < 4.78 is 1.85. The average Bonchev–Trinajstić information content (AvgIpc) is 3.43. The number of likely N-dealkylation sites (N-methyl/N-ethyl adjacent to an activating group) is 1. The molecule has 2 aromatic heterocycles. The summed E-state index contributed by atoms with van der Waals surface area (Å²) in [5.74, 6) is 1.46. The Morgan fingerprint density at radius 2 is 2.03 bits per heavy atom. The van der Waals surface area contributed by atoms with Crippen LogP contribution in [0.1, 0.15) is 24.0 Å². The van der Waals surface area contributed by atoms with Crippen LogP contribution in [0.3, 0.4) is 0 Å². The second-order valence-corrected chi connectivity index (χ2v) is 8.61. The number of nitrogens with one attached hydrogen (secondary N) is 1. The number of aromatic nitrogens is 4. The molecule has 8 nitrogen and oxygen atoms in total. The summed E-state index contributed by atoms with van der Waals surface area (Å²) in [6.45, 7) is 1.98. The third kappa shape index (κ3) is 4.24.